The van der Waals surface area contributed by atoms with E-state index in [0.29, 0.717) is 5.92 Å². The first-order valence-electron chi connectivity index (χ1n) is 20.0. The molecule has 2 aromatic heterocycles. The standard InChI is InChI=1S/C50H44OS.C2H6/c1-2-3-15-36(42-20-7-8-23-46-44-22-10-12-27-48(44)52-50(42)46)29-28-34-30-39(35-16-5-4-6-17-35)33-40(31-34)37-18-13-19-38(32-37)41-24-14-25-45-43-21-9-11-26-47(43)51-49(41)45;1-2/h2-5,10-16,18-19,22-27,29-32,40H,1,6-9,17,20-21,28,33H2;1-2H3/b15-3-,36-29+;. The highest BCUT2D eigenvalue weighted by Gasteiger charge is 2.22. The maximum Gasteiger partial charge on any atom is 0.142 e. The first-order chi connectivity index (χ1) is 26.7. The number of thiophene rings is 1. The summed E-state index contributed by atoms with van der Waals surface area (Å²) in [7, 11) is 0. The minimum absolute atomic E-state index is 0.295. The summed E-state index contributed by atoms with van der Waals surface area (Å²) < 4.78 is 9.32. The Labute approximate surface area is 324 Å². The van der Waals surface area contributed by atoms with E-state index in [1.54, 1.807) is 0 Å². The van der Waals surface area contributed by atoms with Crippen LogP contribution in [0.2, 0.25) is 0 Å². The van der Waals surface area contributed by atoms with E-state index in [-0.39, 0.29) is 0 Å². The van der Waals surface area contributed by atoms with Crippen molar-refractivity contribution in [2.45, 2.75) is 77.6 Å². The van der Waals surface area contributed by atoms with Gasteiger partial charge in [0, 0.05) is 31.7 Å². The Morgan fingerprint density at radius 2 is 1.78 bits per heavy atom. The third-order valence-electron chi connectivity index (χ3n) is 11.2. The van der Waals surface area contributed by atoms with Crippen LogP contribution in [0.25, 0.3) is 49.9 Å². The zero-order chi connectivity index (χ0) is 36.9. The number of fused-ring (bicyclic) bond motifs is 6. The number of para-hydroxylation sites is 1. The molecule has 1 unspecified atom stereocenters. The normalized spacial score (nSPS) is 18.3. The van der Waals surface area contributed by atoms with Gasteiger partial charge in [0.05, 0.1) is 0 Å². The summed E-state index contributed by atoms with van der Waals surface area (Å²) in [5.74, 6) is 1.32. The lowest BCUT2D eigenvalue weighted by Gasteiger charge is -2.25. The summed E-state index contributed by atoms with van der Waals surface area (Å²) in [5, 5.41) is 4.06. The average molecular weight is 723 g/mol. The molecule has 0 saturated heterocycles. The van der Waals surface area contributed by atoms with Crippen molar-refractivity contribution in [2.24, 2.45) is 0 Å². The molecule has 4 aliphatic rings. The number of rotatable bonds is 8. The van der Waals surface area contributed by atoms with Crippen LogP contribution in [0.4, 0.5) is 0 Å². The van der Waals surface area contributed by atoms with Gasteiger partial charge in [-0.25, -0.2) is 0 Å². The number of aryl methyl sites for hydroxylation is 1. The summed E-state index contributed by atoms with van der Waals surface area (Å²) >= 11 is 1.95. The molecule has 2 heteroatoms. The van der Waals surface area contributed by atoms with Crippen LogP contribution in [0.3, 0.4) is 0 Å². The van der Waals surface area contributed by atoms with Crippen LogP contribution >= 0.6 is 11.3 Å². The van der Waals surface area contributed by atoms with Gasteiger partial charge in [-0.1, -0.05) is 148 Å². The SMILES string of the molecule is C=C/C=C\C(=C/CC1=CC(c2cccc(-c3cccc4c5c(oc34)C=CCC5)c2)CC(C2=CC=CCC2)=C1)C1=c2sc3ccccc3c2=CCCC1.CC. The van der Waals surface area contributed by atoms with Crippen molar-refractivity contribution in [3.8, 4) is 11.1 Å². The zero-order valence-corrected chi connectivity index (χ0v) is 32.6. The molecule has 54 heavy (non-hydrogen) atoms. The Hall–Kier alpha value is -5.18. The summed E-state index contributed by atoms with van der Waals surface area (Å²) in [4.78, 5) is 0. The largest absolute Gasteiger partial charge is 0.456 e. The molecule has 0 fully saturated rings. The van der Waals surface area contributed by atoms with E-state index >= 15 is 0 Å². The third kappa shape index (κ3) is 7.20. The summed E-state index contributed by atoms with van der Waals surface area (Å²) in [6, 6.07) is 24.8. The highest BCUT2D eigenvalue weighted by atomic mass is 32.1. The Morgan fingerprint density at radius 3 is 2.67 bits per heavy atom. The second-order valence-corrected chi connectivity index (χ2v) is 15.5. The molecule has 0 bridgehead atoms. The summed E-state index contributed by atoms with van der Waals surface area (Å²) in [5.41, 5.74) is 13.3. The predicted octanol–water partition coefficient (Wildman–Crippen LogP) is 13.8. The fourth-order valence-electron chi connectivity index (χ4n) is 8.58. The maximum atomic E-state index is 6.51. The van der Waals surface area contributed by atoms with Crippen LogP contribution in [0, 0.1) is 0 Å². The average Bonchev–Trinajstić information content (AvgIpc) is 3.73. The van der Waals surface area contributed by atoms with E-state index in [4.69, 9.17) is 4.42 Å². The minimum atomic E-state index is 0.295. The molecule has 2 heterocycles. The monoisotopic (exact) mass is 722 g/mol. The topological polar surface area (TPSA) is 13.1 Å². The maximum absolute atomic E-state index is 6.51. The van der Waals surface area contributed by atoms with Crippen LogP contribution in [-0.2, 0) is 6.42 Å². The summed E-state index contributed by atoms with van der Waals surface area (Å²) in [6.45, 7) is 8.02. The van der Waals surface area contributed by atoms with Crippen molar-refractivity contribution in [1.29, 1.82) is 0 Å². The summed E-state index contributed by atoms with van der Waals surface area (Å²) in [6.07, 6.45) is 37.1. The molecule has 0 spiro atoms. The Bertz CT molecular complexity index is 2560. The highest BCUT2D eigenvalue weighted by Crippen LogP contribution is 2.41. The molecule has 0 N–H and O–H groups in total. The molecular formula is C52H50OS. The van der Waals surface area contributed by atoms with Gasteiger partial charge in [0.25, 0.3) is 0 Å². The second kappa shape index (κ2) is 16.5. The molecule has 9 rings (SSSR count). The second-order valence-electron chi connectivity index (χ2n) is 14.4. The molecule has 0 amide bonds. The van der Waals surface area contributed by atoms with Crippen molar-refractivity contribution < 1.29 is 4.42 Å². The molecule has 270 valence electrons. The predicted molar refractivity (Wildman–Crippen MR) is 235 cm³/mol. The smallest absolute Gasteiger partial charge is 0.142 e. The molecule has 0 aliphatic heterocycles. The van der Waals surface area contributed by atoms with Crippen LogP contribution in [-0.4, -0.2) is 0 Å². The van der Waals surface area contributed by atoms with Crippen molar-refractivity contribution in [3.63, 3.8) is 0 Å². The van der Waals surface area contributed by atoms with E-state index in [1.165, 1.54) is 81.8 Å². The third-order valence-corrected chi connectivity index (χ3v) is 12.4. The van der Waals surface area contributed by atoms with Crippen molar-refractivity contribution >= 4 is 50.1 Å². The Balaban J connectivity index is 0.00000203. The number of allylic oxidation sites excluding steroid dienone is 14. The van der Waals surface area contributed by atoms with Crippen LogP contribution in [0.15, 0.2) is 161 Å². The molecule has 0 saturated carbocycles. The van der Waals surface area contributed by atoms with E-state index in [1.807, 2.05) is 31.3 Å². The van der Waals surface area contributed by atoms with E-state index < -0.39 is 0 Å². The number of hydrogen-bond donors (Lipinski definition) is 0. The van der Waals surface area contributed by atoms with Crippen molar-refractivity contribution in [1.82, 2.24) is 0 Å². The van der Waals surface area contributed by atoms with Gasteiger partial charge in [-0.3, -0.25) is 0 Å². The lowest BCUT2D eigenvalue weighted by molar-refractivity contribution is 0.596. The first kappa shape index (κ1) is 35.8. The van der Waals surface area contributed by atoms with Crippen molar-refractivity contribution in [2.75, 3.05) is 0 Å². The van der Waals surface area contributed by atoms with Crippen LogP contribution in [0.5, 0.6) is 0 Å². The Morgan fingerprint density at radius 1 is 0.907 bits per heavy atom. The fourth-order valence-corrected chi connectivity index (χ4v) is 9.88. The van der Waals surface area contributed by atoms with Gasteiger partial charge >= 0.3 is 0 Å². The van der Waals surface area contributed by atoms with Gasteiger partial charge in [-0.05, 0) is 120 Å². The van der Waals surface area contributed by atoms with E-state index in [0.717, 1.165) is 62.7 Å². The molecule has 1 atom stereocenters. The van der Waals surface area contributed by atoms with Gasteiger partial charge in [-0.15, -0.1) is 11.3 Å². The molecule has 3 aromatic carbocycles. The van der Waals surface area contributed by atoms with Gasteiger partial charge in [0.1, 0.15) is 11.3 Å². The number of benzene rings is 3. The quantitative estimate of drug-likeness (QED) is 0.145. The number of furan rings is 1. The fraction of sp³-hybridized carbons (Fsp3) is 0.231. The minimum Gasteiger partial charge on any atom is -0.456 e. The van der Waals surface area contributed by atoms with Crippen LogP contribution < -0.4 is 9.75 Å². The van der Waals surface area contributed by atoms with Crippen molar-refractivity contribution in [3.05, 3.63) is 183 Å². The van der Waals surface area contributed by atoms with E-state index in [2.05, 4.69) is 140 Å². The molecule has 4 aliphatic carbocycles. The molecular weight excluding hydrogens is 673 g/mol. The van der Waals surface area contributed by atoms with Gasteiger partial charge in [0.15, 0.2) is 0 Å². The molecule has 0 radical (unpaired) electrons. The molecule has 5 aromatic rings. The van der Waals surface area contributed by atoms with Gasteiger partial charge in [0.2, 0.25) is 0 Å². The van der Waals surface area contributed by atoms with Crippen LogP contribution in [0.1, 0.15) is 88.0 Å². The zero-order valence-electron chi connectivity index (χ0n) is 31.7. The van der Waals surface area contributed by atoms with Gasteiger partial charge in [-0.2, -0.15) is 0 Å². The lowest BCUT2D eigenvalue weighted by Crippen LogP contribution is -2.21. The molecule has 1 nitrogen and oxygen atoms in total. The van der Waals surface area contributed by atoms with E-state index in [9.17, 15) is 0 Å². The highest BCUT2D eigenvalue weighted by molar-refractivity contribution is 7.17. The number of hydrogen-bond acceptors (Lipinski definition) is 2. The lowest BCUT2D eigenvalue weighted by atomic mass is 9.80. The Kier molecular flexibility index (Phi) is 10.9. The first-order valence-corrected chi connectivity index (χ1v) is 20.8. The van der Waals surface area contributed by atoms with Gasteiger partial charge < -0.3 is 4.42 Å².